The van der Waals surface area contributed by atoms with E-state index in [0.717, 1.165) is 0 Å². The molecule has 0 saturated heterocycles. The van der Waals surface area contributed by atoms with Crippen LogP contribution in [0.1, 0.15) is 21.3 Å². The van der Waals surface area contributed by atoms with Crippen molar-refractivity contribution < 1.29 is 10.5 Å². The lowest BCUT2D eigenvalue weighted by Crippen LogP contribution is -2.92. The fourth-order valence-electron chi connectivity index (χ4n) is 0. The van der Waals surface area contributed by atoms with E-state index in [4.69, 9.17) is 11.5 Å². The van der Waals surface area contributed by atoms with Gasteiger partial charge in [0.25, 0.3) is 0 Å². The number of nitrogens with two attached hydrogens (primary N) is 4. The van der Waals surface area contributed by atoms with Crippen LogP contribution in [-0.2, 0) is 0 Å². The molecule has 0 saturated carbocycles. The first-order valence-electron chi connectivity index (χ1n) is 3.63. The van der Waals surface area contributed by atoms with Crippen LogP contribution >= 0.6 is 0 Å². The SMILES string of the molecule is C.CC.NCCN.[BH3-][NH2+]CC[NH2+][BH3-]. The molecule has 0 rings (SSSR count). The highest BCUT2D eigenvalue weighted by Crippen LogP contribution is 1.24. The van der Waals surface area contributed by atoms with E-state index < -0.39 is 0 Å². The standard InChI is InChI=1S/C2H14B2N2.C2H8N2.C2H6.CH4/c3-5-1-2-6-4;3-1-2-4;1-2;/h1-2,5-6H2,3-4H3;1-4H2;1-2H3;1H4. The van der Waals surface area contributed by atoms with Gasteiger partial charge in [0.1, 0.15) is 0 Å². The van der Waals surface area contributed by atoms with Crippen LogP contribution in [0.15, 0.2) is 0 Å². The van der Waals surface area contributed by atoms with E-state index in [1.54, 1.807) is 0 Å². The lowest BCUT2D eigenvalue weighted by molar-refractivity contribution is -0.585. The van der Waals surface area contributed by atoms with E-state index in [-0.39, 0.29) is 7.43 Å². The first-order valence-corrected chi connectivity index (χ1v) is 3.63. The van der Waals surface area contributed by atoms with E-state index in [9.17, 15) is 0 Å². The summed E-state index contributed by atoms with van der Waals surface area (Å²) < 4.78 is 0. The molecule has 0 heterocycles. The fourth-order valence-corrected chi connectivity index (χ4v) is 0. The molecule has 0 aliphatic rings. The Morgan fingerprint density at radius 1 is 0.923 bits per heavy atom. The zero-order valence-electron chi connectivity index (χ0n) is 7.14. The Balaban J connectivity index is -0.0000000512. The minimum atomic E-state index is 0. The minimum absolute atomic E-state index is 0. The van der Waals surface area contributed by atoms with Gasteiger partial charge < -0.3 is 21.9 Å². The van der Waals surface area contributed by atoms with Gasteiger partial charge in [0.2, 0.25) is 0 Å². The Hall–Kier alpha value is -0.0301. The van der Waals surface area contributed by atoms with Crippen molar-refractivity contribution >= 4 is 16.0 Å². The zero-order valence-corrected chi connectivity index (χ0v) is 7.14. The van der Waals surface area contributed by atoms with E-state index in [0.29, 0.717) is 29.1 Å². The lowest BCUT2D eigenvalue weighted by Gasteiger charge is -1.96. The number of rotatable bonds is 4. The van der Waals surface area contributed by atoms with Crippen LogP contribution in [0.5, 0.6) is 0 Å². The summed E-state index contributed by atoms with van der Waals surface area (Å²) in [5.41, 5.74) is 9.81. The average molecular weight is 194 g/mol. The second-order valence-corrected chi connectivity index (χ2v) is 1.15. The molecular formula is C7H32B2N4. The van der Waals surface area contributed by atoms with Crippen LogP contribution in [0, 0.1) is 0 Å². The zero-order chi connectivity index (χ0) is 10.2. The predicted molar refractivity (Wildman–Crippen MR) is 69.7 cm³/mol. The predicted octanol–water partition coefficient (Wildman–Crippen LogP) is -4.76. The normalized spacial score (nSPS) is 6.92. The van der Waals surface area contributed by atoms with Crippen LogP contribution < -0.4 is 21.9 Å². The average Bonchev–Trinajstić information content (AvgIpc) is 2.18. The molecule has 0 aromatic carbocycles. The smallest absolute Gasteiger partial charge is 0.166 e. The number of quaternary nitrogens is 2. The van der Waals surface area contributed by atoms with Crippen molar-refractivity contribution in [3.63, 3.8) is 0 Å². The summed E-state index contributed by atoms with van der Waals surface area (Å²) in [6.45, 7) is 8.01. The van der Waals surface area contributed by atoms with Crippen molar-refractivity contribution in [2.45, 2.75) is 21.3 Å². The van der Waals surface area contributed by atoms with Gasteiger partial charge in [-0.2, -0.15) is 0 Å². The molecule has 86 valence electrons. The van der Waals surface area contributed by atoms with Gasteiger partial charge in [0.05, 0.1) is 13.1 Å². The molecule has 0 bridgehead atoms. The molecule has 0 amide bonds. The van der Waals surface area contributed by atoms with Crippen molar-refractivity contribution in [2.75, 3.05) is 26.2 Å². The lowest BCUT2D eigenvalue weighted by atomic mass is 10.3. The Labute approximate surface area is 86.1 Å². The highest BCUT2D eigenvalue weighted by atomic mass is 14.8. The van der Waals surface area contributed by atoms with Crippen molar-refractivity contribution in [1.29, 1.82) is 0 Å². The maximum atomic E-state index is 4.90. The van der Waals surface area contributed by atoms with Gasteiger partial charge in [0.15, 0.2) is 16.0 Å². The summed E-state index contributed by atoms with van der Waals surface area (Å²) >= 11 is 0. The molecule has 0 radical (unpaired) electrons. The maximum Gasteiger partial charge on any atom is 0.166 e. The molecule has 6 heteroatoms. The van der Waals surface area contributed by atoms with E-state index in [2.05, 4.69) is 10.5 Å². The highest BCUT2D eigenvalue weighted by Gasteiger charge is 1.71. The van der Waals surface area contributed by atoms with E-state index >= 15 is 0 Å². The van der Waals surface area contributed by atoms with Crippen molar-refractivity contribution in [3.8, 4) is 0 Å². The Morgan fingerprint density at radius 3 is 1.23 bits per heavy atom. The van der Waals surface area contributed by atoms with Crippen molar-refractivity contribution in [1.82, 2.24) is 0 Å². The summed E-state index contributed by atoms with van der Waals surface area (Å²) in [5.74, 6) is 0. The quantitative estimate of drug-likeness (QED) is 0.267. The fraction of sp³-hybridized carbons (Fsp3) is 1.00. The summed E-state index contributed by atoms with van der Waals surface area (Å²) in [5, 5.41) is 4.94. The van der Waals surface area contributed by atoms with Crippen LogP contribution in [0.4, 0.5) is 0 Å². The second kappa shape index (κ2) is 40.4. The van der Waals surface area contributed by atoms with E-state index in [1.165, 1.54) is 13.1 Å². The van der Waals surface area contributed by atoms with Gasteiger partial charge >= 0.3 is 0 Å². The van der Waals surface area contributed by atoms with Crippen molar-refractivity contribution in [2.24, 2.45) is 11.5 Å². The van der Waals surface area contributed by atoms with Gasteiger partial charge in [-0.25, -0.2) is 0 Å². The van der Waals surface area contributed by atoms with Gasteiger partial charge in [-0.05, 0) is 0 Å². The summed E-state index contributed by atoms with van der Waals surface area (Å²) in [7, 11) is 1.25. The Morgan fingerprint density at radius 2 is 1.15 bits per heavy atom. The van der Waals surface area contributed by atoms with Crippen molar-refractivity contribution in [3.05, 3.63) is 0 Å². The molecule has 0 aliphatic heterocycles. The van der Waals surface area contributed by atoms with Gasteiger partial charge in [-0.15, -0.1) is 0 Å². The van der Waals surface area contributed by atoms with Gasteiger partial charge in [0, 0.05) is 13.1 Å². The largest absolute Gasteiger partial charge is 0.539 e. The molecule has 8 N–H and O–H groups in total. The van der Waals surface area contributed by atoms with Crippen LogP contribution in [0.2, 0.25) is 0 Å². The number of hydrogen-bond acceptors (Lipinski definition) is 2. The maximum absolute atomic E-state index is 4.90. The monoisotopic (exact) mass is 194 g/mol. The second-order valence-electron chi connectivity index (χ2n) is 1.15. The summed E-state index contributed by atoms with van der Waals surface area (Å²) in [4.78, 5) is 0. The molecule has 13 heavy (non-hydrogen) atoms. The van der Waals surface area contributed by atoms with Crippen LogP contribution in [0.3, 0.4) is 0 Å². The van der Waals surface area contributed by atoms with Crippen LogP contribution in [0.25, 0.3) is 0 Å². The molecule has 0 unspecified atom stereocenters. The number of hydrogen-bond donors (Lipinski definition) is 4. The van der Waals surface area contributed by atoms with Gasteiger partial charge in [-0.3, -0.25) is 0 Å². The molecular weight excluding hydrogens is 162 g/mol. The third-order valence-corrected chi connectivity index (χ3v) is 0.333. The van der Waals surface area contributed by atoms with Crippen LogP contribution in [-0.4, -0.2) is 42.1 Å². The molecule has 4 nitrogen and oxygen atoms in total. The first-order chi connectivity index (χ1) is 5.83. The van der Waals surface area contributed by atoms with E-state index in [1.807, 2.05) is 13.8 Å². The molecule has 0 spiro atoms. The molecule has 0 aliphatic carbocycles. The highest BCUT2D eigenvalue weighted by molar-refractivity contribution is 5.94. The minimum Gasteiger partial charge on any atom is -0.539 e. The third kappa shape index (κ3) is 75.5. The molecule has 0 aromatic rings. The topological polar surface area (TPSA) is 85.3 Å². The van der Waals surface area contributed by atoms with Gasteiger partial charge in [-0.1, -0.05) is 21.3 Å². The summed E-state index contributed by atoms with van der Waals surface area (Å²) in [6.07, 6.45) is 0. The first kappa shape index (κ1) is 23.1. The summed E-state index contributed by atoms with van der Waals surface area (Å²) in [6, 6.07) is 0. The Kier molecular flexibility index (Phi) is 71.8. The molecule has 0 fully saturated rings. The third-order valence-electron chi connectivity index (χ3n) is 0.333. The molecule has 0 atom stereocenters. The molecule has 0 aromatic heterocycles. The Bertz CT molecular complexity index is 43.5.